The second-order valence-electron chi connectivity index (χ2n) is 5.85. The first kappa shape index (κ1) is 9.26. The average Bonchev–Trinajstić information content (AvgIpc) is 2.28. The van der Waals surface area contributed by atoms with Gasteiger partial charge in [-0.05, 0) is 53.5 Å². The van der Waals surface area contributed by atoms with Crippen LogP contribution in [-0.4, -0.2) is 17.2 Å². The minimum atomic E-state index is -1.33. The lowest BCUT2D eigenvalue weighted by atomic mass is 9.28. The highest BCUT2D eigenvalue weighted by molar-refractivity contribution is 6.58. The Morgan fingerprint density at radius 1 is 1.19 bits per heavy atom. The second-order valence-corrected chi connectivity index (χ2v) is 5.85. The summed E-state index contributed by atoms with van der Waals surface area (Å²) in [6.07, 6.45) is 4.12. The molecule has 0 spiro atoms. The van der Waals surface area contributed by atoms with E-state index in [1.54, 1.807) is 6.07 Å². The van der Waals surface area contributed by atoms with Gasteiger partial charge in [0.2, 0.25) is 0 Å². The summed E-state index contributed by atoms with van der Waals surface area (Å²) in [5, 5.41) is 18.4. The minimum Gasteiger partial charge on any atom is -0.423 e. The van der Waals surface area contributed by atoms with Crippen LogP contribution in [0.1, 0.15) is 24.8 Å². The van der Waals surface area contributed by atoms with Gasteiger partial charge in [-0.3, -0.25) is 0 Å². The van der Waals surface area contributed by atoms with Crippen molar-refractivity contribution in [1.82, 2.24) is 0 Å². The Bertz CT molecular complexity index is 445. The van der Waals surface area contributed by atoms with E-state index in [9.17, 15) is 10.0 Å². The van der Waals surface area contributed by atoms with Gasteiger partial charge in [-0.2, -0.15) is 0 Å². The van der Waals surface area contributed by atoms with Gasteiger partial charge in [0.1, 0.15) is 0 Å². The normalized spacial score (nSPS) is 42.5. The molecule has 3 aliphatic rings. The van der Waals surface area contributed by atoms with Crippen molar-refractivity contribution < 1.29 is 10.0 Å². The van der Waals surface area contributed by atoms with Crippen LogP contribution in [0, 0.1) is 17.8 Å². The van der Waals surface area contributed by atoms with Crippen molar-refractivity contribution in [2.24, 2.45) is 17.8 Å². The molecule has 3 saturated carbocycles. The van der Waals surface area contributed by atoms with Crippen LogP contribution in [0.15, 0.2) is 24.3 Å². The minimum absolute atomic E-state index is 0.429. The Labute approximate surface area is 95.4 Å². The van der Waals surface area contributed by atoms with E-state index in [1.165, 1.54) is 24.8 Å². The van der Waals surface area contributed by atoms with E-state index in [2.05, 4.69) is 6.07 Å². The summed E-state index contributed by atoms with van der Waals surface area (Å²) in [7, 11) is -1.33. The van der Waals surface area contributed by atoms with E-state index in [4.69, 9.17) is 0 Å². The van der Waals surface area contributed by atoms with Gasteiger partial charge in [0.05, 0.1) is 0 Å². The zero-order chi connectivity index (χ0) is 10.9. The fourth-order valence-corrected chi connectivity index (χ4v) is 4.60. The van der Waals surface area contributed by atoms with Crippen molar-refractivity contribution >= 4 is 12.6 Å². The van der Waals surface area contributed by atoms with Crippen LogP contribution in [0.3, 0.4) is 0 Å². The van der Waals surface area contributed by atoms with Gasteiger partial charge < -0.3 is 10.0 Å². The molecule has 1 aromatic rings. The molecule has 0 aromatic heterocycles. The molecule has 3 heteroatoms. The largest absolute Gasteiger partial charge is 0.488 e. The summed E-state index contributed by atoms with van der Waals surface area (Å²) in [6.45, 7) is 0. The van der Waals surface area contributed by atoms with E-state index in [0.29, 0.717) is 10.9 Å². The fourth-order valence-electron chi connectivity index (χ4n) is 4.60. The third-order valence-electron chi connectivity index (χ3n) is 5.27. The first-order valence-corrected chi connectivity index (χ1v) is 6.17. The topological polar surface area (TPSA) is 40.5 Å². The van der Waals surface area contributed by atoms with Crippen molar-refractivity contribution in [3.63, 3.8) is 0 Å². The van der Waals surface area contributed by atoms with E-state index in [1.807, 2.05) is 12.1 Å². The molecule has 1 aromatic carbocycles. The van der Waals surface area contributed by atoms with E-state index in [-0.39, 0.29) is 0 Å². The van der Waals surface area contributed by atoms with Crippen LogP contribution >= 0.6 is 0 Å². The predicted molar refractivity (Wildman–Crippen MR) is 62.3 cm³/mol. The van der Waals surface area contributed by atoms with Crippen LogP contribution in [0.25, 0.3) is 0 Å². The Balaban J connectivity index is 1.70. The lowest BCUT2D eigenvalue weighted by molar-refractivity contribution is -0.219. The maximum absolute atomic E-state index is 9.20. The highest BCUT2D eigenvalue weighted by Gasteiger charge is 2.71. The second kappa shape index (κ2) is 2.71. The molecule has 0 aliphatic heterocycles. The van der Waals surface area contributed by atoms with Gasteiger partial charge in [-0.1, -0.05) is 24.3 Å². The molecule has 82 valence electrons. The highest BCUT2D eigenvalue weighted by Crippen LogP contribution is 2.77. The van der Waals surface area contributed by atoms with Crippen LogP contribution in [0.2, 0.25) is 0 Å². The highest BCUT2D eigenvalue weighted by atomic mass is 16.4. The molecule has 0 bridgehead atoms. The number of benzene rings is 1. The molecule has 0 heterocycles. The van der Waals surface area contributed by atoms with Crippen molar-refractivity contribution in [2.75, 3.05) is 0 Å². The molecule has 2 N–H and O–H groups in total. The molecular weight excluding hydrogens is 199 g/mol. The van der Waals surface area contributed by atoms with Crippen LogP contribution in [0.5, 0.6) is 0 Å². The first-order chi connectivity index (χ1) is 7.71. The van der Waals surface area contributed by atoms with Crippen LogP contribution in [0.4, 0.5) is 0 Å². The van der Waals surface area contributed by atoms with Crippen LogP contribution < -0.4 is 5.46 Å². The fraction of sp³-hybridized carbons (Fsp3) is 0.538. The Morgan fingerprint density at radius 3 is 2.50 bits per heavy atom. The summed E-state index contributed by atoms with van der Waals surface area (Å²) in [5.41, 5.74) is 2.41. The lowest BCUT2D eigenvalue weighted by Crippen LogP contribution is -2.71. The summed E-state index contributed by atoms with van der Waals surface area (Å²) < 4.78 is 0. The molecule has 16 heavy (non-hydrogen) atoms. The van der Waals surface area contributed by atoms with Crippen molar-refractivity contribution in [1.29, 1.82) is 0 Å². The van der Waals surface area contributed by atoms with Crippen molar-refractivity contribution in [3.8, 4) is 0 Å². The zero-order valence-corrected chi connectivity index (χ0v) is 9.13. The quantitative estimate of drug-likeness (QED) is 0.710. The molecule has 2 nitrogen and oxygen atoms in total. The summed E-state index contributed by atoms with van der Waals surface area (Å²) in [4.78, 5) is 0. The molecule has 0 radical (unpaired) electrons. The van der Waals surface area contributed by atoms with Gasteiger partial charge in [0, 0.05) is 0 Å². The van der Waals surface area contributed by atoms with Crippen molar-refractivity contribution in [3.05, 3.63) is 29.8 Å². The van der Waals surface area contributed by atoms with E-state index in [0.717, 1.165) is 17.8 Å². The maximum Gasteiger partial charge on any atom is 0.488 e. The molecule has 0 saturated heterocycles. The number of hydrogen-bond donors (Lipinski definition) is 2. The molecule has 3 aliphatic carbocycles. The van der Waals surface area contributed by atoms with Gasteiger partial charge in [0.15, 0.2) is 0 Å². The van der Waals surface area contributed by atoms with Crippen molar-refractivity contribution in [2.45, 2.75) is 24.7 Å². The van der Waals surface area contributed by atoms with Crippen LogP contribution in [-0.2, 0) is 5.41 Å². The lowest BCUT2D eigenvalue weighted by Gasteiger charge is -2.76. The Hall–Kier alpha value is -0.795. The van der Waals surface area contributed by atoms with Gasteiger partial charge in [-0.25, -0.2) is 0 Å². The van der Waals surface area contributed by atoms with Gasteiger partial charge >= 0.3 is 7.12 Å². The smallest absolute Gasteiger partial charge is 0.423 e. The predicted octanol–water partition coefficient (Wildman–Crippen LogP) is 0.664. The summed E-state index contributed by atoms with van der Waals surface area (Å²) in [5.74, 6) is 2.90. The molecular formula is C13H15BO2. The summed E-state index contributed by atoms with van der Waals surface area (Å²) >= 11 is 0. The molecule has 2 unspecified atom stereocenters. The maximum atomic E-state index is 9.20. The molecule has 4 rings (SSSR count). The molecule has 0 amide bonds. The van der Waals surface area contributed by atoms with Gasteiger partial charge in [-0.15, -0.1) is 0 Å². The first-order valence-electron chi connectivity index (χ1n) is 6.17. The monoisotopic (exact) mass is 214 g/mol. The zero-order valence-electron chi connectivity index (χ0n) is 9.13. The number of rotatable bonds is 2. The number of hydrogen-bond acceptors (Lipinski definition) is 2. The summed E-state index contributed by atoms with van der Waals surface area (Å²) in [6, 6.07) is 7.90. The van der Waals surface area contributed by atoms with E-state index < -0.39 is 7.12 Å². The third-order valence-corrected chi connectivity index (χ3v) is 5.27. The van der Waals surface area contributed by atoms with E-state index >= 15 is 0 Å². The SMILES string of the molecule is OB(O)c1cccc(C23CC4CC(C2)C43)c1. The average molecular weight is 214 g/mol. The Morgan fingerprint density at radius 2 is 1.94 bits per heavy atom. The standard InChI is InChI=1S/C13H15BO2/c15-14(16)11-3-1-2-10(5-11)13-6-8-4-9(7-13)12(8)13/h1-3,5,8-9,12,15-16H,4,6-7H2. The molecule has 2 atom stereocenters. The molecule has 3 fully saturated rings. The third kappa shape index (κ3) is 0.883. The van der Waals surface area contributed by atoms with Gasteiger partial charge in [0.25, 0.3) is 0 Å². The Kier molecular flexibility index (Phi) is 1.57.